The Morgan fingerprint density at radius 2 is 2.10 bits per heavy atom. The van der Waals surface area contributed by atoms with E-state index in [4.69, 9.17) is 5.73 Å². The van der Waals surface area contributed by atoms with Crippen LogP contribution in [0.4, 0.5) is 18.3 Å². The van der Waals surface area contributed by atoms with E-state index < -0.39 is 6.36 Å². The van der Waals surface area contributed by atoms with Gasteiger partial charge in [-0.3, -0.25) is 0 Å². The van der Waals surface area contributed by atoms with Gasteiger partial charge in [-0.05, 0) is 40.5 Å². The molecule has 108 valence electrons. The summed E-state index contributed by atoms with van der Waals surface area (Å²) in [6.45, 7) is 1.85. The fourth-order valence-electron chi connectivity index (χ4n) is 1.66. The highest BCUT2D eigenvalue weighted by Crippen LogP contribution is 2.32. The zero-order valence-electron chi connectivity index (χ0n) is 10.3. The lowest BCUT2D eigenvalue weighted by atomic mass is 10.1. The first-order valence-electron chi connectivity index (χ1n) is 5.50. The van der Waals surface area contributed by atoms with Crippen molar-refractivity contribution in [3.05, 3.63) is 38.8 Å². The standard InChI is InChI=1S/C12H10BrF3N2OS/c1-6-10(20-11(17)18-6)5-7-2-3-9(8(13)4-7)19-12(14,15)16/h2-4H,5H2,1H3,(H2,17,18). The highest BCUT2D eigenvalue weighted by molar-refractivity contribution is 9.10. The highest BCUT2D eigenvalue weighted by atomic mass is 79.9. The fourth-order valence-corrected chi connectivity index (χ4v) is 3.04. The Labute approximate surface area is 125 Å². The number of anilines is 1. The number of hydrogen-bond acceptors (Lipinski definition) is 4. The molecule has 20 heavy (non-hydrogen) atoms. The minimum atomic E-state index is -4.70. The first-order valence-corrected chi connectivity index (χ1v) is 7.11. The number of hydrogen-bond donors (Lipinski definition) is 1. The summed E-state index contributed by atoms with van der Waals surface area (Å²) in [5.74, 6) is -0.262. The van der Waals surface area contributed by atoms with Crippen molar-refractivity contribution in [1.29, 1.82) is 0 Å². The minimum absolute atomic E-state index is 0.252. The SMILES string of the molecule is Cc1nc(N)sc1Cc1ccc(OC(F)(F)F)c(Br)c1. The summed E-state index contributed by atoms with van der Waals surface area (Å²) in [4.78, 5) is 5.09. The van der Waals surface area contributed by atoms with E-state index in [1.807, 2.05) is 6.92 Å². The smallest absolute Gasteiger partial charge is 0.405 e. The molecular weight excluding hydrogens is 357 g/mol. The number of halogens is 4. The van der Waals surface area contributed by atoms with Gasteiger partial charge >= 0.3 is 6.36 Å². The number of aryl methyl sites for hydroxylation is 1. The van der Waals surface area contributed by atoms with E-state index in [2.05, 4.69) is 25.7 Å². The number of rotatable bonds is 3. The first-order chi connectivity index (χ1) is 9.24. The zero-order valence-corrected chi connectivity index (χ0v) is 12.7. The average Bonchev–Trinajstić information content (AvgIpc) is 2.60. The van der Waals surface area contributed by atoms with E-state index in [-0.39, 0.29) is 10.2 Å². The van der Waals surface area contributed by atoms with Crippen LogP contribution < -0.4 is 10.5 Å². The lowest BCUT2D eigenvalue weighted by Gasteiger charge is -2.11. The number of nitrogens with two attached hydrogens (primary N) is 1. The maximum Gasteiger partial charge on any atom is 0.573 e. The lowest BCUT2D eigenvalue weighted by molar-refractivity contribution is -0.274. The number of thiazole rings is 1. The van der Waals surface area contributed by atoms with Gasteiger partial charge in [-0.2, -0.15) is 0 Å². The molecule has 2 aromatic rings. The van der Waals surface area contributed by atoms with Crippen LogP contribution >= 0.6 is 27.3 Å². The molecule has 2 N–H and O–H groups in total. The lowest BCUT2D eigenvalue weighted by Crippen LogP contribution is -2.17. The van der Waals surface area contributed by atoms with Crippen LogP contribution in [-0.4, -0.2) is 11.3 Å². The van der Waals surface area contributed by atoms with Crippen molar-refractivity contribution in [2.75, 3.05) is 5.73 Å². The second kappa shape index (κ2) is 5.61. The van der Waals surface area contributed by atoms with Crippen molar-refractivity contribution in [3.63, 3.8) is 0 Å². The molecule has 0 unspecified atom stereocenters. The van der Waals surface area contributed by atoms with E-state index in [0.717, 1.165) is 16.1 Å². The van der Waals surface area contributed by atoms with Crippen molar-refractivity contribution < 1.29 is 17.9 Å². The molecule has 0 saturated carbocycles. The van der Waals surface area contributed by atoms with Crippen molar-refractivity contribution in [2.24, 2.45) is 0 Å². The summed E-state index contributed by atoms with van der Waals surface area (Å²) in [6.07, 6.45) is -4.14. The summed E-state index contributed by atoms with van der Waals surface area (Å²) < 4.78 is 40.6. The third-order valence-electron chi connectivity index (χ3n) is 2.50. The molecule has 0 aliphatic rings. The summed E-state index contributed by atoms with van der Waals surface area (Å²) in [6, 6.07) is 4.46. The van der Waals surface area contributed by atoms with Crippen molar-refractivity contribution in [2.45, 2.75) is 19.7 Å². The molecule has 0 spiro atoms. The van der Waals surface area contributed by atoms with Gasteiger partial charge in [0.1, 0.15) is 5.75 Å². The Kier molecular flexibility index (Phi) is 4.24. The third kappa shape index (κ3) is 3.86. The molecule has 1 heterocycles. The van der Waals surface area contributed by atoms with Gasteiger partial charge in [0, 0.05) is 11.3 Å². The molecule has 0 bridgehead atoms. The number of aromatic nitrogens is 1. The van der Waals surface area contributed by atoms with E-state index in [1.165, 1.54) is 17.4 Å². The molecule has 3 nitrogen and oxygen atoms in total. The number of ether oxygens (including phenoxy) is 1. The van der Waals surface area contributed by atoms with Gasteiger partial charge in [-0.1, -0.05) is 6.07 Å². The van der Waals surface area contributed by atoms with Crippen LogP contribution in [0, 0.1) is 6.92 Å². The number of benzene rings is 1. The topological polar surface area (TPSA) is 48.1 Å². The van der Waals surface area contributed by atoms with Gasteiger partial charge in [0.15, 0.2) is 5.13 Å². The maximum atomic E-state index is 12.2. The number of alkyl halides is 3. The van der Waals surface area contributed by atoms with Crippen molar-refractivity contribution in [3.8, 4) is 5.75 Å². The maximum absolute atomic E-state index is 12.2. The normalized spacial score (nSPS) is 11.7. The molecule has 0 saturated heterocycles. The molecule has 0 aliphatic carbocycles. The molecular formula is C12H10BrF3N2OS. The Bertz CT molecular complexity index is 628. The average molecular weight is 367 g/mol. The predicted octanol–water partition coefficient (Wildman–Crippen LogP) is 4.29. The molecule has 2 rings (SSSR count). The van der Waals surface area contributed by atoms with Crippen molar-refractivity contribution >= 4 is 32.4 Å². The molecule has 8 heteroatoms. The molecule has 1 aromatic carbocycles. The summed E-state index contributed by atoms with van der Waals surface area (Å²) in [5.41, 5.74) is 7.29. The molecule has 0 radical (unpaired) electrons. The largest absolute Gasteiger partial charge is 0.573 e. The minimum Gasteiger partial charge on any atom is -0.405 e. The van der Waals surface area contributed by atoms with Crippen LogP contribution in [0.25, 0.3) is 0 Å². The number of nitrogen functional groups attached to an aromatic ring is 1. The van der Waals surface area contributed by atoms with E-state index in [0.29, 0.717) is 11.6 Å². The van der Waals surface area contributed by atoms with Gasteiger partial charge in [0.2, 0.25) is 0 Å². The van der Waals surface area contributed by atoms with Crippen LogP contribution in [0.15, 0.2) is 22.7 Å². The van der Waals surface area contributed by atoms with Crippen LogP contribution in [0.2, 0.25) is 0 Å². The molecule has 0 aliphatic heterocycles. The van der Waals surface area contributed by atoms with Gasteiger partial charge < -0.3 is 10.5 Å². The molecule has 1 aromatic heterocycles. The third-order valence-corrected chi connectivity index (χ3v) is 4.10. The Morgan fingerprint density at radius 3 is 2.60 bits per heavy atom. The van der Waals surface area contributed by atoms with Gasteiger partial charge in [-0.15, -0.1) is 24.5 Å². The second-order valence-electron chi connectivity index (χ2n) is 4.05. The molecule has 0 amide bonds. The van der Waals surface area contributed by atoms with Crippen molar-refractivity contribution in [1.82, 2.24) is 4.98 Å². The van der Waals surface area contributed by atoms with Crippen LogP contribution in [0.1, 0.15) is 16.1 Å². The number of nitrogens with zero attached hydrogens (tertiary/aromatic N) is 1. The fraction of sp³-hybridized carbons (Fsp3) is 0.250. The van der Waals surface area contributed by atoms with Gasteiger partial charge in [-0.25, -0.2) is 4.98 Å². The van der Waals surface area contributed by atoms with E-state index >= 15 is 0 Å². The Balaban J connectivity index is 2.19. The Morgan fingerprint density at radius 1 is 1.40 bits per heavy atom. The van der Waals surface area contributed by atoms with E-state index in [9.17, 15) is 13.2 Å². The summed E-state index contributed by atoms with van der Waals surface area (Å²) >= 11 is 4.44. The summed E-state index contributed by atoms with van der Waals surface area (Å²) in [5, 5.41) is 0.480. The van der Waals surface area contributed by atoms with Crippen LogP contribution in [-0.2, 0) is 6.42 Å². The van der Waals surface area contributed by atoms with Crippen LogP contribution in [0.3, 0.4) is 0 Å². The Hall–Kier alpha value is -1.28. The second-order valence-corrected chi connectivity index (χ2v) is 6.02. The van der Waals surface area contributed by atoms with E-state index in [1.54, 1.807) is 12.1 Å². The van der Waals surface area contributed by atoms with Crippen LogP contribution in [0.5, 0.6) is 5.75 Å². The monoisotopic (exact) mass is 366 g/mol. The molecule has 0 atom stereocenters. The summed E-state index contributed by atoms with van der Waals surface area (Å²) in [7, 11) is 0. The predicted molar refractivity (Wildman–Crippen MR) is 74.9 cm³/mol. The quantitative estimate of drug-likeness (QED) is 0.881. The van der Waals surface area contributed by atoms with Gasteiger partial charge in [0.05, 0.1) is 10.2 Å². The zero-order chi connectivity index (χ0) is 14.9. The highest BCUT2D eigenvalue weighted by Gasteiger charge is 2.31. The molecule has 0 fully saturated rings. The first kappa shape index (κ1) is 15.1. The van der Waals surface area contributed by atoms with Gasteiger partial charge in [0.25, 0.3) is 0 Å².